The lowest BCUT2D eigenvalue weighted by molar-refractivity contribution is -0.132. The van der Waals surface area contributed by atoms with Gasteiger partial charge >= 0.3 is 23.2 Å². The number of aryl methyl sites for hydroxylation is 2. The summed E-state index contributed by atoms with van der Waals surface area (Å²) in [5.74, 6) is -0.521. The summed E-state index contributed by atoms with van der Waals surface area (Å²) in [6.07, 6.45) is 0.0524. The molecule has 2 heterocycles. The molecule has 184 valence electrons. The van der Waals surface area contributed by atoms with Crippen LogP contribution in [0.5, 0.6) is 17.2 Å². The third-order valence-electron chi connectivity index (χ3n) is 5.25. The van der Waals surface area contributed by atoms with Crippen LogP contribution in [0, 0.1) is 13.8 Å². The lowest BCUT2D eigenvalue weighted by Crippen LogP contribution is -2.21. The van der Waals surface area contributed by atoms with Crippen molar-refractivity contribution in [2.75, 3.05) is 7.11 Å². The van der Waals surface area contributed by atoms with Gasteiger partial charge in [0, 0.05) is 26.0 Å². The molecule has 3 rings (SSSR count). The minimum Gasteiger partial charge on any atom is -0.496 e. The highest BCUT2D eigenvalue weighted by molar-refractivity contribution is 5.70. The lowest BCUT2D eigenvalue weighted by atomic mass is 9.86. The number of benzene rings is 1. The number of hydrogen-bond donors (Lipinski definition) is 0. The average Bonchev–Trinajstić information content (AvgIpc) is 2.76. The predicted molar refractivity (Wildman–Crippen MR) is 125 cm³/mol. The molecule has 35 heavy (non-hydrogen) atoms. The molecule has 1 aromatic carbocycles. The van der Waals surface area contributed by atoms with Crippen LogP contribution in [0.4, 0.5) is 0 Å². The van der Waals surface area contributed by atoms with Crippen LogP contribution >= 0.6 is 0 Å². The van der Waals surface area contributed by atoms with Crippen molar-refractivity contribution in [1.29, 1.82) is 0 Å². The highest BCUT2D eigenvalue weighted by Crippen LogP contribution is 2.35. The van der Waals surface area contributed by atoms with Gasteiger partial charge in [0.15, 0.2) is 0 Å². The Balaban J connectivity index is 2.18. The summed E-state index contributed by atoms with van der Waals surface area (Å²) in [6.45, 7) is 5.60. The van der Waals surface area contributed by atoms with Gasteiger partial charge in [-0.05, 0) is 44.2 Å². The number of rotatable bonds is 8. The molecule has 0 aliphatic heterocycles. The molecular weight excluding hydrogens is 456 g/mol. The Morgan fingerprint density at radius 1 is 0.800 bits per heavy atom. The van der Waals surface area contributed by atoms with Crippen LogP contribution in [0.25, 0.3) is 0 Å². The van der Waals surface area contributed by atoms with Crippen molar-refractivity contribution in [3.05, 3.63) is 85.4 Å². The van der Waals surface area contributed by atoms with Crippen LogP contribution in [0.15, 0.2) is 54.8 Å². The highest BCUT2D eigenvalue weighted by Gasteiger charge is 2.26. The standard InChI is InChI=1S/C26H26O9/c1-14-10-23(34-16(3)27)20(25(29)32-14)12-18(19-8-6-7-9-22(19)31-5)13-21-24(35-17(4)28)11-15(2)33-26(21)30/h6-11,18H,12-13H2,1-5H3. The van der Waals surface area contributed by atoms with E-state index in [9.17, 15) is 19.2 Å². The fourth-order valence-electron chi connectivity index (χ4n) is 3.87. The van der Waals surface area contributed by atoms with E-state index in [1.807, 2.05) is 0 Å². The molecule has 0 atom stereocenters. The van der Waals surface area contributed by atoms with Crippen LogP contribution in [-0.2, 0) is 22.4 Å². The Hall–Kier alpha value is -4.14. The molecule has 0 saturated heterocycles. The van der Waals surface area contributed by atoms with E-state index in [1.165, 1.54) is 33.1 Å². The molecule has 0 saturated carbocycles. The number of para-hydroxylation sites is 1. The molecule has 3 aromatic rings. The molecule has 0 bridgehead atoms. The van der Waals surface area contributed by atoms with Crippen molar-refractivity contribution in [3.8, 4) is 17.2 Å². The summed E-state index contributed by atoms with van der Waals surface area (Å²) in [7, 11) is 1.50. The minimum atomic E-state index is -0.669. The maximum Gasteiger partial charge on any atom is 0.342 e. The normalized spacial score (nSPS) is 10.8. The summed E-state index contributed by atoms with van der Waals surface area (Å²) < 4.78 is 26.6. The zero-order valence-corrected chi connectivity index (χ0v) is 20.1. The fraction of sp³-hybridized carbons (Fsp3) is 0.308. The summed E-state index contributed by atoms with van der Waals surface area (Å²) in [5.41, 5.74) is -0.424. The van der Waals surface area contributed by atoms with E-state index in [0.29, 0.717) is 11.3 Å². The summed E-state index contributed by atoms with van der Waals surface area (Å²) >= 11 is 0. The fourth-order valence-corrected chi connectivity index (χ4v) is 3.87. The van der Waals surface area contributed by atoms with Gasteiger partial charge in [0.2, 0.25) is 0 Å². The van der Waals surface area contributed by atoms with Gasteiger partial charge < -0.3 is 23.0 Å². The van der Waals surface area contributed by atoms with Crippen LogP contribution in [0.3, 0.4) is 0 Å². The maximum absolute atomic E-state index is 12.8. The van der Waals surface area contributed by atoms with Crippen molar-refractivity contribution in [3.63, 3.8) is 0 Å². The number of ether oxygens (including phenoxy) is 3. The zero-order chi connectivity index (χ0) is 25.7. The van der Waals surface area contributed by atoms with Gasteiger partial charge in [0.25, 0.3) is 0 Å². The third-order valence-corrected chi connectivity index (χ3v) is 5.25. The van der Waals surface area contributed by atoms with Gasteiger partial charge in [0.1, 0.15) is 28.8 Å². The molecule has 2 aromatic heterocycles. The molecule has 0 fully saturated rings. The first-order chi connectivity index (χ1) is 16.6. The average molecular weight is 482 g/mol. The lowest BCUT2D eigenvalue weighted by Gasteiger charge is -2.21. The molecule has 9 heteroatoms. The Bertz CT molecular complexity index is 1280. The van der Waals surface area contributed by atoms with Crippen LogP contribution < -0.4 is 25.5 Å². The smallest absolute Gasteiger partial charge is 0.342 e. The number of carbonyl (C=O) groups excluding carboxylic acids is 2. The quantitative estimate of drug-likeness (QED) is 0.443. The SMILES string of the molecule is COc1ccccc1C(Cc1c(OC(C)=O)cc(C)oc1=O)Cc1c(OC(C)=O)cc(C)oc1=O. The summed E-state index contributed by atoms with van der Waals surface area (Å²) in [5, 5.41) is 0. The molecule has 0 unspecified atom stereocenters. The Kier molecular flexibility index (Phi) is 7.91. The molecule has 0 aliphatic carbocycles. The zero-order valence-electron chi connectivity index (χ0n) is 20.1. The second kappa shape index (κ2) is 10.9. The predicted octanol–water partition coefficient (Wildman–Crippen LogP) is 3.64. The van der Waals surface area contributed by atoms with Gasteiger partial charge in [0.05, 0.1) is 18.2 Å². The van der Waals surface area contributed by atoms with E-state index in [2.05, 4.69) is 0 Å². The molecule has 0 aliphatic rings. The third kappa shape index (κ3) is 6.26. The van der Waals surface area contributed by atoms with Crippen LogP contribution in [0.1, 0.15) is 48.0 Å². The van der Waals surface area contributed by atoms with E-state index in [0.717, 1.165) is 0 Å². The van der Waals surface area contributed by atoms with Crippen LogP contribution in [-0.4, -0.2) is 19.0 Å². The van der Waals surface area contributed by atoms with E-state index in [4.69, 9.17) is 23.0 Å². The molecule has 9 nitrogen and oxygen atoms in total. The molecule has 0 spiro atoms. The maximum atomic E-state index is 12.8. The largest absolute Gasteiger partial charge is 0.496 e. The minimum absolute atomic E-state index is 0.0262. The second-order valence-corrected chi connectivity index (χ2v) is 8.01. The van der Waals surface area contributed by atoms with E-state index < -0.39 is 29.1 Å². The first-order valence-corrected chi connectivity index (χ1v) is 10.9. The van der Waals surface area contributed by atoms with E-state index >= 15 is 0 Å². The number of carbonyl (C=O) groups is 2. The number of methoxy groups -OCH3 is 1. The van der Waals surface area contributed by atoms with Gasteiger partial charge in [-0.15, -0.1) is 0 Å². The van der Waals surface area contributed by atoms with Gasteiger partial charge in [-0.3, -0.25) is 9.59 Å². The number of esters is 2. The number of hydrogen-bond acceptors (Lipinski definition) is 9. The van der Waals surface area contributed by atoms with Gasteiger partial charge in [-0.1, -0.05) is 18.2 Å². The Labute approximate surface area is 201 Å². The van der Waals surface area contributed by atoms with Gasteiger partial charge in [-0.2, -0.15) is 0 Å². The van der Waals surface area contributed by atoms with Crippen molar-refractivity contribution in [2.45, 2.75) is 46.5 Å². The van der Waals surface area contributed by atoms with E-state index in [-0.39, 0.29) is 47.0 Å². The Morgan fingerprint density at radius 2 is 1.26 bits per heavy atom. The van der Waals surface area contributed by atoms with Crippen LogP contribution in [0.2, 0.25) is 0 Å². The van der Waals surface area contributed by atoms with E-state index in [1.54, 1.807) is 38.1 Å². The molecule has 0 N–H and O–H groups in total. The topological polar surface area (TPSA) is 122 Å². The second-order valence-electron chi connectivity index (χ2n) is 8.01. The van der Waals surface area contributed by atoms with Crippen molar-refractivity contribution < 1.29 is 32.6 Å². The summed E-state index contributed by atoms with van der Waals surface area (Å²) in [4.78, 5) is 49.0. The van der Waals surface area contributed by atoms with Gasteiger partial charge in [-0.25, -0.2) is 9.59 Å². The first kappa shape index (κ1) is 25.5. The van der Waals surface area contributed by atoms with Crippen molar-refractivity contribution >= 4 is 11.9 Å². The molecule has 0 amide bonds. The molecule has 0 radical (unpaired) electrons. The monoisotopic (exact) mass is 482 g/mol. The Morgan fingerprint density at radius 3 is 1.69 bits per heavy atom. The first-order valence-electron chi connectivity index (χ1n) is 10.9. The molecular formula is C26H26O9. The highest BCUT2D eigenvalue weighted by atomic mass is 16.5. The van der Waals surface area contributed by atoms with Crippen molar-refractivity contribution in [1.82, 2.24) is 0 Å². The summed E-state index contributed by atoms with van der Waals surface area (Å²) in [6, 6.07) is 10.0. The van der Waals surface area contributed by atoms with Crippen molar-refractivity contribution in [2.24, 2.45) is 0 Å².